The number of hydrogen-bond acceptors (Lipinski definition) is 4. The minimum absolute atomic E-state index is 0.124. The Morgan fingerprint density at radius 2 is 1.96 bits per heavy atom. The van der Waals surface area contributed by atoms with Gasteiger partial charge in [0.15, 0.2) is 5.65 Å². The molecular weight excluding hydrogens is 314 g/mol. The number of nitrogens with one attached hydrogen (secondary N) is 1. The SMILES string of the molecule is CC(Nc1cccc2nncn12)c1ccc(N2CCCCC2=O)cc1. The highest BCUT2D eigenvalue weighted by molar-refractivity contribution is 5.93. The number of piperidine rings is 1. The minimum Gasteiger partial charge on any atom is -0.365 e. The predicted molar refractivity (Wildman–Crippen MR) is 97.7 cm³/mol. The van der Waals surface area contributed by atoms with Gasteiger partial charge < -0.3 is 10.2 Å². The van der Waals surface area contributed by atoms with E-state index in [2.05, 4.69) is 34.6 Å². The van der Waals surface area contributed by atoms with E-state index in [1.165, 1.54) is 5.56 Å². The first-order valence-corrected chi connectivity index (χ1v) is 8.68. The van der Waals surface area contributed by atoms with E-state index in [9.17, 15) is 4.79 Å². The zero-order valence-electron chi connectivity index (χ0n) is 14.2. The standard InChI is InChI=1S/C19H21N5O/c1-14(21-17-5-4-6-18-22-20-13-24(17)18)15-8-10-16(11-9-15)23-12-3-2-7-19(23)25/h4-6,8-11,13-14,21H,2-3,7,12H2,1H3. The molecule has 1 aliphatic rings. The van der Waals surface area contributed by atoms with Gasteiger partial charge in [0.05, 0.1) is 0 Å². The Balaban J connectivity index is 1.51. The summed E-state index contributed by atoms with van der Waals surface area (Å²) in [6.07, 6.45) is 4.44. The summed E-state index contributed by atoms with van der Waals surface area (Å²) in [4.78, 5) is 13.9. The molecule has 128 valence electrons. The molecule has 0 radical (unpaired) electrons. The fourth-order valence-electron chi connectivity index (χ4n) is 3.29. The second-order valence-electron chi connectivity index (χ2n) is 6.43. The number of rotatable bonds is 4. The van der Waals surface area contributed by atoms with Crippen molar-refractivity contribution in [1.82, 2.24) is 14.6 Å². The highest BCUT2D eigenvalue weighted by Crippen LogP contribution is 2.25. The fraction of sp³-hybridized carbons (Fsp3) is 0.316. The first-order valence-electron chi connectivity index (χ1n) is 8.68. The molecule has 6 nitrogen and oxygen atoms in total. The molecule has 1 atom stereocenters. The third-order valence-corrected chi connectivity index (χ3v) is 4.73. The number of aromatic nitrogens is 3. The average molecular weight is 335 g/mol. The molecule has 3 heterocycles. The van der Waals surface area contributed by atoms with Crippen molar-refractivity contribution in [3.05, 3.63) is 54.4 Å². The van der Waals surface area contributed by atoms with E-state index in [0.717, 1.165) is 36.5 Å². The van der Waals surface area contributed by atoms with Crippen LogP contribution in [0.2, 0.25) is 0 Å². The first-order chi connectivity index (χ1) is 12.2. The van der Waals surface area contributed by atoms with Crippen LogP contribution in [0, 0.1) is 0 Å². The van der Waals surface area contributed by atoms with Gasteiger partial charge in [-0.15, -0.1) is 10.2 Å². The summed E-state index contributed by atoms with van der Waals surface area (Å²) in [6, 6.07) is 14.3. The number of fused-ring (bicyclic) bond motifs is 1. The highest BCUT2D eigenvalue weighted by atomic mass is 16.2. The zero-order chi connectivity index (χ0) is 17.2. The molecular formula is C19H21N5O. The van der Waals surface area contributed by atoms with Gasteiger partial charge in [-0.05, 0) is 49.6 Å². The molecule has 1 amide bonds. The summed E-state index contributed by atoms with van der Waals surface area (Å²) in [6.45, 7) is 2.94. The van der Waals surface area contributed by atoms with Crippen molar-refractivity contribution < 1.29 is 4.79 Å². The molecule has 0 spiro atoms. The van der Waals surface area contributed by atoms with Gasteiger partial charge >= 0.3 is 0 Å². The van der Waals surface area contributed by atoms with Crippen LogP contribution in [0.4, 0.5) is 11.5 Å². The molecule has 1 saturated heterocycles. The fourth-order valence-corrected chi connectivity index (χ4v) is 3.29. The molecule has 1 aromatic carbocycles. The van der Waals surface area contributed by atoms with Crippen LogP contribution < -0.4 is 10.2 Å². The Hall–Kier alpha value is -2.89. The first kappa shape index (κ1) is 15.6. The van der Waals surface area contributed by atoms with Gasteiger partial charge in [0.2, 0.25) is 5.91 Å². The molecule has 3 aromatic rings. The lowest BCUT2D eigenvalue weighted by molar-refractivity contribution is -0.119. The summed E-state index contributed by atoms with van der Waals surface area (Å²) < 4.78 is 1.93. The highest BCUT2D eigenvalue weighted by Gasteiger charge is 2.19. The number of benzene rings is 1. The number of nitrogens with zero attached hydrogens (tertiary/aromatic N) is 4. The third-order valence-electron chi connectivity index (χ3n) is 4.73. The van der Waals surface area contributed by atoms with E-state index < -0.39 is 0 Å². The number of carbonyl (C=O) groups excluding carboxylic acids is 1. The molecule has 0 saturated carbocycles. The number of carbonyl (C=O) groups is 1. The lowest BCUT2D eigenvalue weighted by atomic mass is 10.1. The van der Waals surface area contributed by atoms with E-state index in [1.54, 1.807) is 6.33 Å². The molecule has 0 bridgehead atoms. The summed E-state index contributed by atoms with van der Waals surface area (Å²) in [5, 5.41) is 11.5. The zero-order valence-corrected chi connectivity index (χ0v) is 14.2. The Labute approximate surface area is 146 Å². The van der Waals surface area contributed by atoms with Crippen molar-refractivity contribution in [3.8, 4) is 0 Å². The van der Waals surface area contributed by atoms with Gasteiger partial charge in [-0.1, -0.05) is 18.2 Å². The van der Waals surface area contributed by atoms with Crippen LogP contribution in [0.5, 0.6) is 0 Å². The van der Waals surface area contributed by atoms with Gasteiger partial charge in [-0.2, -0.15) is 0 Å². The van der Waals surface area contributed by atoms with Gasteiger partial charge in [0.1, 0.15) is 12.1 Å². The molecule has 1 N–H and O–H groups in total. The Bertz CT molecular complexity index is 886. The topological polar surface area (TPSA) is 62.5 Å². The lowest BCUT2D eigenvalue weighted by Gasteiger charge is -2.27. The van der Waals surface area contributed by atoms with Crippen molar-refractivity contribution in [2.24, 2.45) is 0 Å². The Morgan fingerprint density at radius 3 is 2.76 bits per heavy atom. The van der Waals surface area contributed by atoms with Crippen LogP contribution in [0.3, 0.4) is 0 Å². The van der Waals surface area contributed by atoms with Crippen molar-refractivity contribution in [1.29, 1.82) is 0 Å². The van der Waals surface area contributed by atoms with E-state index in [1.807, 2.05) is 39.6 Å². The van der Waals surface area contributed by atoms with Crippen LogP contribution in [0.1, 0.15) is 37.8 Å². The Morgan fingerprint density at radius 1 is 1.12 bits per heavy atom. The van der Waals surface area contributed by atoms with Gasteiger partial charge in [0.25, 0.3) is 0 Å². The van der Waals surface area contributed by atoms with Gasteiger partial charge in [-0.3, -0.25) is 9.20 Å². The normalized spacial score (nSPS) is 16.2. The van der Waals surface area contributed by atoms with Crippen LogP contribution in [0.25, 0.3) is 5.65 Å². The molecule has 25 heavy (non-hydrogen) atoms. The maximum atomic E-state index is 12.1. The van der Waals surface area contributed by atoms with Crippen molar-refractivity contribution in [2.45, 2.75) is 32.2 Å². The monoisotopic (exact) mass is 335 g/mol. The van der Waals surface area contributed by atoms with Crippen LogP contribution in [-0.2, 0) is 4.79 Å². The van der Waals surface area contributed by atoms with Crippen molar-refractivity contribution >= 4 is 23.1 Å². The predicted octanol–water partition coefficient (Wildman–Crippen LogP) is 3.42. The van der Waals surface area contributed by atoms with E-state index >= 15 is 0 Å². The molecule has 1 fully saturated rings. The lowest BCUT2D eigenvalue weighted by Crippen LogP contribution is -2.35. The van der Waals surface area contributed by atoms with Gasteiger partial charge in [-0.25, -0.2) is 0 Å². The maximum absolute atomic E-state index is 12.1. The average Bonchev–Trinajstić information content (AvgIpc) is 3.12. The van der Waals surface area contributed by atoms with Crippen LogP contribution in [0.15, 0.2) is 48.8 Å². The maximum Gasteiger partial charge on any atom is 0.226 e. The molecule has 2 aromatic heterocycles. The van der Waals surface area contributed by atoms with Crippen molar-refractivity contribution in [2.75, 3.05) is 16.8 Å². The summed E-state index contributed by atoms with van der Waals surface area (Å²) in [5.74, 6) is 1.18. The van der Waals surface area contributed by atoms with Crippen LogP contribution in [-0.4, -0.2) is 27.0 Å². The molecule has 6 heteroatoms. The van der Waals surface area contributed by atoms with E-state index in [4.69, 9.17) is 0 Å². The Kier molecular flexibility index (Phi) is 4.09. The number of anilines is 2. The smallest absolute Gasteiger partial charge is 0.226 e. The van der Waals surface area contributed by atoms with E-state index in [0.29, 0.717) is 6.42 Å². The van der Waals surface area contributed by atoms with E-state index in [-0.39, 0.29) is 11.9 Å². The number of pyridine rings is 1. The van der Waals surface area contributed by atoms with Gasteiger partial charge in [0, 0.05) is 24.7 Å². The summed E-state index contributed by atoms with van der Waals surface area (Å²) in [5.41, 5.74) is 2.97. The molecule has 0 aliphatic carbocycles. The molecule has 1 aliphatic heterocycles. The second-order valence-corrected chi connectivity index (χ2v) is 6.43. The number of amides is 1. The van der Waals surface area contributed by atoms with Crippen LogP contribution >= 0.6 is 0 Å². The molecule has 1 unspecified atom stereocenters. The quantitative estimate of drug-likeness (QED) is 0.793. The largest absolute Gasteiger partial charge is 0.365 e. The summed E-state index contributed by atoms with van der Waals surface area (Å²) in [7, 11) is 0. The third kappa shape index (κ3) is 3.07. The summed E-state index contributed by atoms with van der Waals surface area (Å²) >= 11 is 0. The number of hydrogen-bond donors (Lipinski definition) is 1. The second kappa shape index (κ2) is 6.55. The van der Waals surface area contributed by atoms with Crippen molar-refractivity contribution in [3.63, 3.8) is 0 Å². The minimum atomic E-state index is 0.124. The molecule has 4 rings (SSSR count).